The van der Waals surface area contributed by atoms with Crippen LogP contribution in [-0.4, -0.2) is 17.4 Å². The van der Waals surface area contributed by atoms with Crippen LogP contribution in [0, 0.1) is 5.82 Å². The molecular formula is C23H16FNO2S. The minimum Gasteiger partial charge on any atom is -0.345 e. The average Bonchev–Trinajstić information content (AvgIpc) is 3.00. The van der Waals surface area contributed by atoms with E-state index in [1.165, 1.54) is 12.1 Å². The Morgan fingerprint density at radius 3 is 2.61 bits per heavy atom. The van der Waals surface area contributed by atoms with Crippen molar-refractivity contribution in [3.8, 4) is 11.1 Å². The molecule has 5 heteroatoms. The first kappa shape index (κ1) is 17.2. The molecule has 2 aliphatic rings. The number of benzene rings is 3. The van der Waals surface area contributed by atoms with Crippen LogP contribution in [-0.2, 0) is 0 Å². The summed E-state index contributed by atoms with van der Waals surface area (Å²) in [5.74, 6) is 0.253. The second kappa shape index (κ2) is 6.60. The highest BCUT2D eigenvalue weighted by Gasteiger charge is 2.28. The summed E-state index contributed by atoms with van der Waals surface area (Å²) in [6.45, 7) is 0. The SMILES string of the molecule is O=C(N[C@H]1CCSc2ccc(F)cc21)c1ccc2c(c1)C(=O)c1ccccc1-2. The Kier molecular flexibility index (Phi) is 4.05. The third kappa shape index (κ3) is 2.74. The van der Waals surface area contributed by atoms with Crippen LogP contribution < -0.4 is 5.32 Å². The molecule has 0 saturated heterocycles. The number of ketones is 1. The fourth-order valence-corrected chi connectivity index (χ4v) is 5.03. The summed E-state index contributed by atoms with van der Waals surface area (Å²) < 4.78 is 13.7. The van der Waals surface area contributed by atoms with Gasteiger partial charge in [0.25, 0.3) is 5.91 Å². The van der Waals surface area contributed by atoms with Crippen LogP contribution in [0.4, 0.5) is 4.39 Å². The van der Waals surface area contributed by atoms with Gasteiger partial charge < -0.3 is 5.32 Å². The fourth-order valence-electron chi connectivity index (χ4n) is 3.93. The first-order chi connectivity index (χ1) is 13.6. The first-order valence-corrected chi connectivity index (χ1v) is 10.1. The van der Waals surface area contributed by atoms with Gasteiger partial charge in [-0.05, 0) is 53.4 Å². The average molecular weight is 389 g/mol. The molecule has 1 atom stereocenters. The van der Waals surface area contributed by atoms with E-state index in [0.717, 1.165) is 33.8 Å². The van der Waals surface area contributed by atoms with E-state index >= 15 is 0 Å². The molecule has 1 aliphatic carbocycles. The van der Waals surface area contributed by atoms with Gasteiger partial charge in [0.2, 0.25) is 0 Å². The number of fused-ring (bicyclic) bond motifs is 4. The third-order valence-corrected chi connectivity index (χ3v) is 6.43. The van der Waals surface area contributed by atoms with Crippen LogP contribution in [0.2, 0.25) is 0 Å². The molecule has 1 heterocycles. The minimum absolute atomic E-state index is 0.0540. The molecule has 0 bridgehead atoms. The quantitative estimate of drug-likeness (QED) is 0.525. The summed E-state index contributed by atoms with van der Waals surface area (Å²) in [7, 11) is 0. The lowest BCUT2D eigenvalue weighted by Crippen LogP contribution is -2.30. The van der Waals surface area contributed by atoms with E-state index in [0.29, 0.717) is 16.7 Å². The molecule has 5 rings (SSSR count). The topological polar surface area (TPSA) is 46.2 Å². The zero-order valence-electron chi connectivity index (χ0n) is 14.9. The van der Waals surface area contributed by atoms with Gasteiger partial charge in [-0.1, -0.05) is 30.3 Å². The van der Waals surface area contributed by atoms with E-state index < -0.39 is 0 Å². The van der Waals surface area contributed by atoms with Crippen molar-refractivity contribution < 1.29 is 14.0 Å². The van der Waals surface area contributed by atoms with Gasteiger partial charge in [-0.25, -0.2) is 4.39 Å². The highest BCUT2D eigenvalue weighted by atomic mass is 32.2. The Labute approximate surface area is 166 Å². The Morgan fingerprint density at radius 2 is 1.75 bits per heavy atom. The van der Waals surface area contributed by atoms with Gasteiger partial charge in [-0.15, -0.1) is 11.8 Å². The zero-order valence-corrected chi connectivity index (χ0v) is 15.7. The summed E-state index contributed by atoms with van der Waals surface area (Å²) in [6.07, 6.45) is 0.738. The van der Waals surface area contributed by atoms with Crippen LogP contribution in [0.5, 0.6) is 0 Å². The van der Waals surface area contributed by atoms with E-state index in [-0.39, 0.29) is 23.5 Å². The molecular weight excluding hydrogens is 373 g/mol. The molecule has 0 unspecified atom stereocenters. The zero-order chi connectivity index (χ0) is 19.3. The number of thioether (sulfide) groups is 1. The van der Waals surface area contributed by atoms with Crippen LogP contribution in [0.1, 0.15) is 44.3 Å². The number of hydrogen-bond donors (Lipinski definition) is 1. The van der Waals surface area contributed by atoms with Gasteiger partial charge in [0.15, 0.2) is 5.78 Å². The molecule has 28 heavy (non-hydrogen) atoms. The number of halogens is 1. The van der Waals surface area contributed by atoms with Crippen LogP contribution in [0.3, 0.4) is 0 Å². The number of carbonyl (C=O) groups is 2. The van der Waals surface area contributed by atoms with Crippen LogP contribution >= 0.6 is 11.8 Å². The van der Waals surface area contributed by atoms with Crippen LogP contribution in [0.25, 0.3) is 11.1 Å². The third-order valence-electron chi connectivity index (χ3n) is 5.30. The second-order valence-electron chi connectivity index (χ2n) is 6.98. The molecule has 3 nitrogen and oxygen atoms in total. The van der Waals surface area contributed by atoms with E-state index in [1.807, 2.05) is 30.3 Å². The lowest BCUT2D eigenvalue weighted by molar-refractivity contribution is 0.0935. The van der Waals surface area contributed by atoms with Gasteiger partial charge in [0, 0.05) is 27.3 Å². The van der Waals surface area contributed by atoms with Gasteiger partial charge in [-0.3, -0.25) is 9.59 Å². The van der Waals surface area contributed by atoms with E-state index in [1.54, 1.807) is 30.0 Å². The highest BCUT2D eigenvalue weighted by molar-refractivity contribution is 7.99. The Bertz CT molecular complexity index is 1140. The van der Waals surface area contributed by atoms with Crippen molar-refractivity contribution in [3.63, 3.8) is 0 Å². The van der Waals surface area contributed by atoms with Crippen molar-refractivity contribution in [2.45, 2.75) is 17.4 Å². The lowest BCUT2D eigenvalue weighted by Gasteiger charge is -2.26. The second-order valence-corrected chi connectivity index (χ2v) is 8.12. The molecule has 3 aromatic rings. The maximum Gasteiger partial charge on any atom is 0.251 e. The minimum atomic E-state index is -0.304. The molecule has 3 aromatic carbocycles. The normalized spacial score (nSPS) is 16.9. The van der Waals surface area contributed by atoms with E-state index in [4.69, 9.17) is 0 Å². The molecule has 0 aromatic heterocycles. The largest absolute Gasteiger partial charge is 0.345 e. The van der Waals surface area contributed by atoms with Gasteiger partial charge in [-0.2, -0.15) is 0 Å². The fraction of sp³-hybridized carbons (Fsp3) is 0.130. The maximum absolute atomic E-state index is 13.7. The van der Waals surface area contributed by atoms with Crippen molar-refractivity contribution in [1.82, 2.24) is 5.32 Å². The lowest BCUT2D eigenvalue weighted by atomic mass is 10.0. The Hall–Kier alpha value is -2.92. The monoisotopic (exact) mass is 389 g/mol. The van der Waals surface area contributed by atoms with Crippen molar-refractivity contribution in [1.29, 1.82) is 0 Å². The molecule has 1 N–H and O–H groups in total. The Morgan fingerprint density at radius 1 is 0.964 bits per heavy atom. The summed E-state index contributed by atoms with van der Waals surface area (Å²) in [5, 5.41) is 3.02. The number of hydrogen-bond acceptors (Lipinski definition) is 3. The van der Waals surface area contributed by atoms with Gasteiger partial charge in [0.1, 0.15) is 5.82 Å². The Balaban J connectivity index is 1.44. The molecule has 1 aliphatic heterocycles. The van der Waals surface area contributed by atoms with Crippen molar-refractivity contribution in [2.75, 3.05) is 5.75 Å². The number of rotatable bonds is 2. The van der Waals surface area contributed by atoms with E-state index in [2.05, 4.69) is 5.32 Å². The van der Waals surface area contributed by atoms with Gasteiger partial charge in [0.05, 0.1) is 6.04 Å². The first-order valence-electron chi connectivity index (χ1n) is 9.13. The number of nitrogens with one attached hydrogen (secondary N) is 1. The number of amides is 1. The summed E-state index contributed by atoms with van der Waals surface area (Å²) in [6, 6.07) is 17.2. The van der Waals surface area contributed by atoms with Gasteiger partial charge >= 0.3 is 0 Å². The summed E-state index contributed by atoms with van der Waals surface area (Å²) in [5.41, 5.74) is 4.25. The molecule has 0 radical (unpaired) electrons. The van der Waals surface area contributed by atoms with Crippen molar-refractivity contribution >= 4 is 23.5 Å². The van der Waals surface area contributed by atoms with Crippen molar-refractivity contribution in [2.24, 2.45) is 0 Å². The molecule has 0 saturated carbocycles. The highest BCUT2D eigenvalue weighted by Crippen LogP contribution is 2.38. The van der Waals surface area contributed by atoms with E-state index in [9.17, 15) is 14.0 Å². The standard InChI is InChI=1S/C23H16FNO2S/c24-14-6-8-21-19(12-14)20(9-10-28-21)25-23(27)13-5-7-16-15-3-1-2-4-17(15)22(26)18(16)11-13/h1-8,11-12,20H,9-10H2,(H,25,27)/t20-/m0/s1. The maximum atomic E-state index is 13.7. The molecule has 0 fully saturated rings. The summed E-state index contributed by atoms with van der Waals surface area (Å²) in [4.78, 5) is 26.5. The summed E-state index contributed by atoms with van der Waals surface area (Å²) >= 11 is 1.67. The molecule has 1 amide bonds. The molecule has 0 spiro atoms. The van der Waals surface area contributed by atoms with Crippen LogP contribution in [0.15, 0.2) is 65.6 Å². The molecule has 138 valence electrons. The smallest absolute Gasteiger partial charge is 0.251 e. The predicted molar refractivity (Wildman–Crippen MR) is 107 cm³/mol. The van der Waals surface area contributed by atoms with Crippen molar-refractivity contribution in [3.05, 3.63) is 88.7 Å². The number of carbonyl (C=O) groups excluding carboxylic acids is 2. The predicted octanol–water partition coefficient (Wildman–Crippen LogP) is 5.00.